The van der Waals surface area contributed by atoms with Crippen LogP contribution in [0.4, 0.5) is 13.2 Å². The lowest BCUT2D eigenvalue weighted by molar-refractivity contribution is 0.0870. The van der Waals surface area contributed by atoms with Gasteiger partial charge in [-0.15, -0.1) is 0 Å². The summed E-state index contributed by atoms with van der Waals surface area (Å²) < 4.78 is 38.9. The van der Waals surface area contributed by atoms with Crippen molar-refractivity contribution in [3.8, 4) is 0 Å². The van der Waals surface area contributed by atoms with Crippen LogP contribution in [0.5, 0.6) is 0 Å². The van der Waals surface area contributed by atoms with Gasteiger partial charge in [-0.1, -0.05) is 6.42 Å². The summed E-state index contributed by atoms with van der Waals surface area (Å²) in [4.78, 5) is 0. The molecule has 0 aromatic carbocycles. The molecule has 1 nitrogen and oxygen atoms in total. The van der Waals surface area contributed by atoms with Crippen LogP contribution in [0.15, 0.2) is 0 Å². The number of rotatable bonds is 0. The fraction of sp³-hybridized carbons (Fsp3) is 1.00. The second-order valence-corrected chi connectivity index (χ2v) is 5.06. The van der Waals surface area contributed by atoms with Gasteiger partial charge < -0.3 is 4.43 Å². The molecule has 13 heavy (non-hydrogen) atoms. The van der Waals surface area contributed by atoms with Crippen LogP contribution in [0.1, 0.15) is 26.2 Å². The Balaban J connectivity index is 0.000000132. The van der Waals surface area contributed by atoms with E-state index < -0.39 is 18.5 Å². The average molecular weight is 212 g/mol. The highest BCUT2D eigenvalue weighted by molar-refractivity contribution is 6.27. The lowest BCUT2D eigenvalue weighted by Gasteiger charge is -2.17. The van der Waals surface area contributed by atoms with Crippen LogP contribution in [0.2, 0.25) is 6.04 Å². The summed E-state index contributed by atoms with van der Waals surface area (Å²) in [7, 11) is -0.0390. The van der Waals surface area contributed by atoms with Crippen molar-refractivity contribution in [3.63, 3.8) is 0 Å². The fourth-order valence-corrected chi connectivity index (χ4v) is 2.31. The van der Waals surface area contributed by atoms with Crippen LogP contribution in [0, 0.1) is 0 Å². The summed E-state index contributed by atoms with van der Waals surface area (Å²) in [5, 5.41) is 0. The molecule has 1 aliphatic carbocycles. The zero-order chi connectivity index (χ0) is 9.90. The number of alkyl halides is 3. The maximum absolute atomic E-state index is 11.2. The first-order valence-corrected chi connectivity index (χ1v) is 6.23. The van der Waals surface area contributed by atoms with Crippen LogP contribution in [-0.4, -0.2) is 28.0 Å². The summed E-state index contributed by atoms with van der Waals surface area (Å²) >= 11 is 0. The summed E-state index contributed by atoms with van der Waals surface area (Å²) in [5.74, 6) is -2.96. The maximum Gasteiger partial charge on any atom is 0.281 e. The van der Waals surface area contributed by atoms with Crippen molar-refractivity contribution in [2.45, 2.75) is 50.4 Å². The van der Waals surface area contributed by atoms with Gasteiger partial charge in [-0.3, -0.25) is 0 Å². The van der Waals surface area contributed by atoms with Gasteiger partial charge in [-0.05, 0) is 19.4 Å². The predicted molar refractivity (Wildman–Crippen MR) is 47.6 cm³/mol. The first kappa shape index (κ1) is 11.0. The van der Waals surface area contributed by atoms with Gasteiger partial charge in [0.05, 0.1) is 6.42 Å². The third-order valence-electron chi connectivity index (χ3n) is 2.16. The normalized spacial score (nSPS) is 37.8. The Labute approximate surface area is 78.6 Å². The Hall–Kier alpha value is -0.0331. The van der Waals surface area contributed by atoms with Gasteiger partial charge >= 0.3 is 0 Å². The third-order valence-corrected chi connectivity index (χ3v) is 3.75. The molecule has 0 aromatic heterocycles. The van der Waals surface area contributed by atoms with Crippen molar-refractivity contribution in [1.29, 1.82) is 0 Å². The lowest BCUT2D eigenvalue weighted by Crippen LogP contribution is -2.16. The van der Waals surface area contributed by atoms with Crippen molar-refractivity contribution >= 4 is 9.76 Å². The van der Waals surface area contributed by atoms with Gasteiger partial charge in [-0.2, -0.15) is 0 Å². The van der Waals surface area contributed by atoms with Crippen LogP contribution < -0.4 is 0 Å². The van der Waals surface area contributed by atoms with E-state index in [1.54, 1.807) is 0 Å². The van der Waals surface area contributed by atoms with Crippen LogP contribution >= 0.6 is 0 Å². The molecular weight excluding hydrogens is 197 g/mol. The first-order valence-electron chi connectivity index (χ1n) is 4.66. The van der Waals surface area contributed by atoms with E-state index in [4.69, 9.17) is 4.43 Å². The molecule has 2 atom stereocenters. The molecule has 1 aliphatic heterocycles. The van der Waals surface area contributed by atoms with Crippen LogP contribution in [-0.2, 0) is 4.43 Å². The predicted octanol–water partition coefficient (Wildman–Crippen LogP) is 2.05. The maximum atomic E-state index is 11.2. The molecule has 1 heterocycles. The summed E-state index contributed by atoms with van der Waals surface area (Å²) in [5.41, 5.74) is 0. The standard InChI is InChI=1S/C5H12OSi.C3H3F3/c1-5-3-2-4-7-6-5;4-2-1-3(2,5)6/h5H,2-4,7H2,1H3;2H,1H2. The molecule has 2 fully saturated rings. The minimum Gasteiger partial charge on any atom is -0.421 e. The van der Waals surface area contributed by atoms with Crippen molar-refractivity contribution in [1.82, 2.24) is 0 Å². The fourth-order valence-electron chi connectivity index (χ4n) is 1.08. The molecule has 0 N–H and O–H groups in total. The van der Waals surface area contributed by atoms with E-state index in [1.807, 2.05) is 0 Å². The van der Waals surface area contributed by atoms with E-state index in [0.29, 0.717) is 6.10 Å². The van der Waals surface area contributed by atoms with E-state index >= 15 is 0 Å². The second kappa shape index (κ2) is 4.46. The number of hydrogen-bond acceptors (Lipinski definition) is 1. The van der Waals surface area contributed by atoms with E-state index in [9.17, 15) is 13.2 Å². The minimum absolute atomic E-state index is 0.0390. The van der Waals surface area contributed by atoms with Gasteiger partial charge in [0.2, 0.25) is 0 Å². The van der Waals surface area contributed by atoms with Crippen molar-refractivity contribution in [2.75, 3.05) is 0 Å². The highest BCUT2D eigenvalue weighted by atomic mass is 28.2. The molecule has 5 heteroatoms. The van der Waals surface area contributed by atoms with Gasteiger partial charge in [-0.25, -0.2) is 13.2 Å². The van der Waals surface area contributed by atoms with E-state index in [2.05, 4.69) is 6.92 Å². The molecule has 78 valence electrons. The number of halogens is 3. The quantitative estimate of drug-likeness (QED) is 0.558. The molecule has 0 amide bonds. The van der Waals surface area contributed by atoms with E-state index in [-0.39, 0.29) is 9.76 Å². The Morgan fingerprint density at radius 1 is 1.46 bits per heavy atom. The summed E-state index contributed by atoms with van der Waals surface area (Å²) in [6.07, 6.45) is 0.922. The summed E-state index contributed by atoms with van der Waals surface area (Å²) in [6.45, 7) is 2.17. The van der Waals surface area contributed by atoms with Gasteiger partial charge in [0.1, 0.15) is 0 Å². The Morgan fingerprint density at radius 3 is 2.15 bits per heavy atom. The summed E-state index contributed by atoms with van der Waals surface area (Å²) in [6, 6.07) is 1.41. The number of hydrogen-bond donors (Lipinski definition) is 0. The van der Waals surface area contributed by atoms with Gasteiger partial charge in [0.15, 0.2) is 15.9 Å². The molecule has 1 saturated carbocycles. The first-order chi connectivity index (χ1) is 6.02. The average Bonchev–Trinajstić information content (AvgIpc) is 2.59. The van der Waals surface area contributed by atoms with Gasteiger partial charge in [0, 0.05) is 6.10 Å². The monoisotopic (exact) mass is 212 g/mol. The Bertz CT molecular complexity index is 159. The highest BCUT2D eigenvalue weighted by Crippen LogP contribution is 2.44. The second-order valence-electron chi connectivity index (χ2n) is 3.61. The zero-order valence-electron chi connectivity index (χ0n) is 7.73. The molecular formula is C8H15F3OSi. The van der Waals surface area contributed by atoms with E-state index in [1.165, 1.54) is 18.9 Å². The molecule has 0 radical (unpaired) electrons. The Kier molecular flexibility index (Phi) is 3.79. The van der Waals surface area contributed by atoms with E-state index in [0.717, 1.165) is 0 Å². The molecule has 2 unspecified atom stereocenters. The molecule has 0 aromatic rings. The smallest absolute Gasteiger partial charge is 0.281 e. The molecule has 0 bridgehead atoms. The van der Waals surface area contributed by atoms with Crippen LogP contribution in [0.25, 0.3) is 0 Å². The largest absolute Gasteiger partial charge is 0.421 e. The molecule has 2 rings (SSSR count). The Morgan fingerprint density at radius 2 is 2.00 bits per heavy atom. The molecule has 2 aliphatic rings. The topological polar surface area (TPSA) is 9.23 Å². The zero-order valence-corrected chi connectivity index (χ0v) is 9.15. The lowest BCUT2D eigenvalue weighted by atomic mass is 10.2. The van der Waals surface area contributed by atoms with Crippen LogP contribution in [0.3, 0.4) is 0 Å². The van der Waals surface area contributed by atoms with Crippen molar-refractivity contribution in [2.24, 2.45) is 0 Å². The van der Waals surface area contributed by atoms with Crippen molar-refractivity contribution in [3.05, 3.63) is 0 Å². The highest BCUT2D eigenvalue weighted by Gasteiger charge is 2.58. The van der Waals surface area contributed by atoms with Gasteiger partial charge in [0.25, 0.3) is 5.92 Å². The SMILES string of the molecule is CC1CCC[SiH2]O1.FC1CC1(F)F. The molecule has 0 spiro atoms. The van der Waals surface area contributed by atoms with Crippen molar-refractivity contribution < 1.29 is 17.6 Å². The minimum atomic E-state index is -2.96. The third kappa shape index (κ3) is 4.13. The molecule has 1 saturated heterocycles.